The van der Waals surface area contributed by atoms with Crippen molar-refractivity contribution in [1.29, 1.82) is 0 Å². The lowest BCUT2D eigenvalue weighted by Crippen LogP contribution is -2.37. The van der Waals surface area contributed by atoms with Gasteiger partial charge in [-0.3, -0.25) is 4.99 Å². The Morgan fingerprint density at radius 3 is 2.33 bits per heavy atom. The molecule has 2 aromatic rings. The lowest BCUT2D eigenvalue weighted by Gasteiger charge is -2.23. The van der Waals surface area contributed by atoms with Gasteiger partial charge in [0.1, 0.15) is 6.61 Å². The topological polar surface area (TPSA) is 85.2 Å². The van der Waals surface area contributed by atoms with Gasteiger partial charge in [0, 0.05) is 19.1 Å². The number of ether oxygens (including phenoxy) is 2. The molecule has 0 radical (unpaired) electrons. The first-order chi connectivity index (χ1) is 15.8. The molecule has 2 aromatic carbocycles. The number of hydrogen-bond donors (Lipinski definition) is 1. The number of allylic oxidation sites excluding steroid dienone is 1. The fourth-order valence-electron chi connectivity index (χ4n) is 3.78. The van der Waals surface area contributed by atoms with E-state index in [4.69, 9.17) is 9.47 Å². The van der Waals surface area contributed by atoms with E-state index < -0.39 is 23.6 Å². The van der Waals surface area contributed by atoms with Crippen molar-refractivity contribution in [3.05, 3.63) is 82.9 Å². The van der Waals surface area contributed by atoms with E-state index in [1.54, 1.807) is 18.4 Å². The maximum absolute atomic E-state index is 13.1. The van der Waals surface area contributed by atoms with Crippen LogP contribution in [-0.2, 0) is 44.9 Å². The number of aliphatic imine (C=N–C) groups is 1. The number of carbonyl (C=O) groups excluding carboxylic acids is 1. The number of carboxylic acid groups (broad SMARTS) is 1. The van der Waals surface area contributed by atoms with Crippen molar-refractivity contribution < 1.29 is 24.2 Å². The van der Waals surface area contributed by atoms with Gasteiger partial charge in [-0.2, -0.15) is 0 Å². The molecule has 0 aromatic heterocycles. The molecule has 0 saturated heterocycles. The third-order valence-electron chi connectivity index (χ3n) is 5.52. The maximum Gasteiger partial charge on any atom is 0.338 e. The van der Waals surface area contributed by atoms with Crippen molar-refractivity contribution in [1.82, 2.24) is 0 Å². The summed E-state index contributed by atoms with van der Waals surface area (Å²) in [7, 11) is 0. The van der Waals surface area contributed by atoms with Crippen molar-refractivity contribution in [2.45, 2.75) is 64.4 Å². The van der Waals surface area contributed by atoms with E-state index in [0.717, 1.165) is 23.1 Å². The summed E-state index contributed by atoms with van der Waals surface area (Å²) in [5.41, 5.74) is 2.73. The van der Waals surface area contributed by atoms with Crippen LogP contribution in [0.25, 0.3) is 0 Å². The van der Waals surface area contributed by atoms with Crippen molar-refractivity contribution in [3.8, 4) is 0 Å². The van der Waals surface area contributed by atoms with Crippen LogP contribution in [0.15, 0.2) is 65.7 Å². The number of hydrogen-bond acceptors (Lipinski definition) is 5. The lowest BCUT2D eigenvalue weighted by atomic mass is 9.90. The number of carboxylic acids is 1. The number of aliphatic carboxylic acids is 1. The molecule has 174 valence electrons. The number of carbonyl (C=O) groups is 2. The van der Waals surface area contributed by atoms with Crippen LogP contribution >= 0.6 is 0 Å². The Kier molecular flexibility index (Phi) is 8.17. The predicted molar refractivity (Wildman–Crippen MR) is 127 cm³/mol. The van der Waals surface area contributed by atoms with Crippen molar-refractivity contribution >= 4 is 18.2 Å². The molecule has 0 saturated carbocycles. The molecule has 1 N–H and O–H groups in total. The largest absolute Gasteiger partial charge is 0.479 e. The van der Waals surface area contributed by atoms with Gasteiger partial charge in [-0.1, -0.05) is 55.5 Å². The van der Waals surface area contributed by atoms with Gasteiger partial charge in [0.2, 0.25) is 0 Å². The second-order valence-corrected chi connectivity index (χ2v) is 8.52. The molecule has 2 unspecified atom stereocenters. The van der Waals surface area contributed by atoms with Gasteiger partial charge < -0.3 is 14.6 Å². The van der Waals surface area contributed by atoms with Crippen LogP contribution < -0.4 is 0 Å². The Bertz CT molecular complexity index is 1010. The van der Waals surface area contributed by atoms with Crippen LogP contribution in [-0.4, -0.2) is 41.0 Å². The molecule has 3 rings (SSSR count). The predicted octanol–water partition coefficient (Wildman–Crippen LogP) is 4.34. The monoisotopic (exact) mass is 449 g/mol. The van der Waals surface area contributed by atoms with Gasteiger partial charge in [-0.25, -0.2) is 9.59 Å². The molecule has 0 aliphatic carbocycles. The molecule has 6 heteroatoms. The summed E-state index contributed by atoms with van der Waals surface area (Å²) in [5, 5.41) is 9.46. The number of nitrogens with zero attached hydrogens (tertiary/aromatic N) is 1. The fourth-order valence-corrected chi connectivity index (χ4v) is 3.78. The van der Waals surface area contributed by atoms with E-state index in [-0.39, 0.29) is 19.1 Å². The van der Waals surface area contributed by atoms with Crippen LogP contribution in [0.5, 0.6) is 0 Å². The Morgan fingerprint density at radius 2 is 1.73 bits per heavy atom. The lowest BCUT2D eigenvalue weighted by molar-refractivity contribution is -0.153. The highest BCUT2D eigenvalue weighted by Gasteiger charge is 2.38. The second-order valence-electron chi connectivity index (χ2n) is 8.52. The zero-order chi connectivity index (χ0) is 23.8. The summed E-state index contributed by atoms with van der Waals surface area (Å²) >= 11 is 0. The molecule has 2 atom stereocenters. The van der Waals surface area contributed by atoms with Gasteiger partial charge in [0.15, 0.2) is 11.6 Å². The van der Waals surface area contributed by atoms with Gasteiger partial charge >= 0.3 is 11.9 Å². The highest BCUT2D eigenvalue weighted by atomic mass is 16.5. The van der Waals surface area contributed by atoms with E-state index in [1.807, 2.05) is 62.4 Å². The van der Waals surface area contributed by atoms with E-state index in [0.29, 0.717) is 6.42 Å². The minimum absolute atomic E-state index is 0.181. The number of esters is 1. The molecule has 1 heterocycles. The van der Waals surface area contributed by atoms with Gasteiger partial charge in [-0.15, -0.1) is 0 Å². The molecule has 6 nitrogen and oxygen atoms in total. The van der Waals surface area contributed by atoms with Gasteiger partial charge in [0.25, 0.3) is 0 Å². The van der Waals surface area contributed by atoms with Crippen LogP contribution in [0.4, 0.5) is 0 Å². The molecule has 0 fully saturated rings. The van der Waals surface area contributed by atoms with Gasteiger partial charge in [-0.05, 0) is 54.7 Å². The zero-order valence-electron chi connectivity index (χ0n) is 19.4. The summed E-state index contributed by atoms with van der Waals surface area (Å²) in [4.78, 5) is 29.0. The normalized spacial score (nSPS) is 17.9. The van der Waals surface area contributed by atoms with Crippen molar-refractivity contribution in [2.75, 3.05) is 0 Å². The third kappa shape index (κ3) is 6.62. The number of benzene rings is 2. The molecular weight excluding hydrogens is 418 g/mol. The van der Waals surface area contributed by atoms with E-state index >= 15 is 0 Å². The smallest absolute Gasteiger partial charge is 0.338 e. The third-order valence-corrected chi connectivity index (χ3v) is 5.52. The molecule has 33 heavy (non-hydrogen) atoms. The standard InChI is InChI=1S/C27H31NO5/c1-4-20-9-11-21(12-10-20)18-32-26(31)27(13-6-14-28-27)17-23-8-5-7-22(15-23)16-24(25(29)30)33-19(2)3/h5-15,19,24H,4,16-18H2,1-3H3,(H,29,30). The summed E-state index contributed by atoms with van der Waals surface area (Å²) < 4.78 is 11.2. The first-order valence-corrected chi connectivity index (χ1v) is 11.3. The molecule has 0 amide bonds. The minimum atomic E-state index is -1.12. The highest BCUT2D eigenvalue weighted by molar-refractivity contribution is 5.91. The average molecular weight is 450 g/mol. The Balaban J connectivity index is 1.70. The van der Waals surface area contributed by atoms with E-state index in [2.05, 4.69) is 11.9 Å². The summed E-state index contributed by atoms with van der Waals surface area (Å²) in [5.74, 6) is -1.41. The number of rotatable bonds is 11. The SMILES string of the molecule is CCc1ccc(COC(=O)C2(Cc3cccc(CC(OC(C)C)C(=O)O)c3)C=CC=N2)cc1. The first-order valence-electron chi connectivity index (χ1n) is 11.3. The Morgan fingerprint density at radius 1 is 1.03 bits per heavy atom. The summed E-state index contributed by atoms with van der Waals surface area (Å²) in [6.45, 7) is 5.90. The average Bonchev–Trinajstić information content (AvgIpc) is 3.27. The molecule has 1 aliphatic heterocycles. The van der Waals surface area contributed by atoms with Gasteiger partial charge in [0.05, 0.1) is 6.10 Å². The molecular formula is C27H31NO5. The van der Waals surface area contributed by atoms with Crippen LogP contribution in [0, 0.1) is 0 Å². The minimum Gasteiger partial charge on any atom is -0.479 e. The summed E-state index contributed by atoms with van der Waals surface area (Å²) in [6.07, 6.45) is 5.51. The molecule has 0 spiro atoms. The zero-order valence-corrected chi connectivity index (χ0v) is 19.4. The maximum atomic E-state index is 13.1. The quantitative estimate of drug-likeness (QED) is 0.516. The highest BCUT2D eigenvalue weighted by Crippen LogP contribution is 2.26. The summed E-state index contributed by atoms with van der Waals surface area (Å²) in [6, 6.07) is 15.5. The Labute approximate surface area is 195 Å². The van der Waals surface area contributed by atoms with Crippen LogP contribution in [0.1, 0.15) is 43.0 Å². The Hall–Kier alpha value is -3.25. The van der Waals surface area contributed by atoms with Crippen molar-refractivity contribution in [2.24, 2.45) is 4.99 Å². The van der Waals surface area contributed by atoms with E-state index in [1.165, 1.54) is 5.56 Å². The van der Waals surface area contributed by atoms with Crippen molar-refractivity contribution in [3.63, 3.8) is 0 Å². The number of aryl methyl sites for hydroxylation is 1. The fraction of sp³-hybridized carbons (Fsp3) is 0.370. The van der Waals surface area contributed by atoms with Crippen LogP contribution in [0.2, 0.25) is 0 Å². The molecule has 0 bridgehead atoms. The first kappa shape index (κ1) is 24.4. The van der Waals surface area contributed by atoms with E-state index in [9.17, 15) is 14.7 Å². The second kappa shape index (κ2) is 11.1. The molecule has 1 aliphatic rings. The van der Waals surface area contributed by atoms with Crippen LogP contribution in [0.3, 0.4) is 0 Å².